The number of amides is 1. The molecule has 10 heteroatoms. The predicted octanol–water partition coefficient (Wildman–Crippen LogP) is 1.76. The summed E-state index contributed by atoms with van der Waals surface area (Å²) in [6.07, 6.45) is -3.05. The first-order chi connectivity index (χ1) is 10.1. The summed E-state index contributed by atoms with van der Waals surface area (Å²) >= 11 is 5.94. The highest BCUT2D eigenvalue weighted by Gasteiger charge is 2.26. The van der Waals surface area contributed by atoms with Crippen LogP contribution in [0.4, 0.5) is 4.79 Å². The molecule has 0 bridgehead atoms. The first-order valence-corrected chi connectivity index (χ1v) is 11.0. The van der Waals surface area contributed by atoms with E-state index < -0.39 is 26.4 Å². The van der Waals surface area contributed by atoms with Crippen LogP contribution in [0.1, 0.15) is 18.9 Å². The van der Waals surface area contributed by atoms with E-state index in [9.17, 15) is 9.90 Å². The number of primary amides is 1. The molecule has 2 atom stereocenters. The van der Waals surface area contributed by atoms with E-state index in [1.165, 1.54) is 11.5 Å². The maximum Gasteiger partial charge on any atom is 0.404 e. The number of aliphatic hydroxyl groups excluding tert-OH is 1. The van der Waals surface area contributed by atoms with Gasteiger partial charge >= 0.3 is 6.09 Å². The van der Waals surface area contributed by atoms with E-state index in [1.54, 1.807) is 0 Å². The standard InChI is InChI=1S/C12H23ClN4O4Si/c1-8(21-12(14)19)9(18)10-15-16-11(13)17(10)7-20-5-6-22(2,3)4/h8-9,18H,5-7H2,1-4H3,(H2,14,19). The Kier molecular flexibility index (Phi) is 6.79. The van der Waals surface area contributed by atoms with Gasteiger partial charge in [-0.2, -0.15) is 0 Å². The van der Waals surface area contributed by atoms with Gasteiger partial charge in [-0.1, -0.05) is 19.6 Å². The summed E-state index contributed by atoms with van der Waals surface area (Å²) in [5.41, 5.74) is 4.93. The Bertz CT molecular complexity index is 506. The fraction of sp³-hybridized carbons (Fsp3) is 0.750. The largest absolute Gasteiger partial charge is 0.443 e. The molecule has 1 aromatic heterocycles. The van der Waals surface area contributed by atoms with Gasteiger partial charge in [0, 0.05) is 14.7 Å². The van der Waals surface area contributed by atoms with Crippen molar-refractivity contribution < 1.29 is 19.4 Å². The Morgan fingerprint density at radius 2 is 2.09 bits per heavy atom. The fourth-order valence-corrected chi connectivity index (χ4v) is 2.55. The summed E-state index contributed by atoms with van der Waals surface area (Å²) in [6.45, 7) is 8.95. The van der Waals surface area contributed by atoms with Gasteiger partial charge < -0.3 is 20.3 Å². The average Bonchev–Trinajstić information content (AvgIpc) is 2.73. The number of nitrogens with two attached hydrogens (primary N) is 1. The van der Waals surface area contributed by atoms with Crippen LogP contribution in [-0.4, -0.2) is 46.7 Å². The van der Waals surface area contributed by atoms with E-state index in [4.69, 9.17) is 26.8 Å². The fourth-order valence-electron chi connectivity index (χ4n) is 1.62. The van der Waals surface area contributed by atoms with Crippen LogP contribution in [0.2, 0.25) is 31.0 Å². The van der Waals surface area contributed by atoms with Crippen molar-refractivity contribution in [2.24, 2.45) is 5.73 Å². The van der Waals surface area contributed by atoms with Gasteiger partial charge in [0.15, 0.2) is 11.9 Å². The minimum absolute atomic E-state index is 0.0910. The minimum Gasteiger partial charge on any atom is -0.443 e. The Balaban J connectivity index is 2.68. The Hall–Kier alpha value is -1.16. The van der Waals surface area contributed by atoms with Crippen LogP contribution in [0, 0.1) is 0 Å². The van der Waals surface area contributed by atoms with Crippen LogP contribution in [0.5, 0.6) is 0 Å². The van der Waals surface area contributed by atoms with Crippen molar-refractivity contribution in [1.82, 2.24) is 14.8 Å². The monoisotopic (exact) mass is 350 g/mol. The molecule has 0 aliphatic carbocycles. The van der Waals surface area contributed by atoms with Gasteiger partial charge in [-0.05, 0) is 24.6 Å². The highest BCUT2D eigenvalue weighted by atomic mass is 35.5. The van der Waals surface area contributed by atoms with Gasteiger partial charge in [0.05, 0.1) is 0 Å². The molecule has 0 saturated heterocycles. The maximum absolute atomic E-state index is 10.7. The van der Waals surface area contributed by atoms with E-state index in [0.717, 1.165) is 6.04 Å². The van der Waals surface area contributed by atoms with Crippen molar-refractivity contribution in [2.75, 3.05) is 6.61 Å². The summed E-state index contributed by atoms with van der Waals surface area (Å²) in [7, 11) is -1.18. The molecule has 0 aliphatic rings. The second-order valence-electron chi connectivity index (χ2n) is 6.19. The molecule has 1 aromatic rings. The summed E-state index contributed by atoms with van der Waals surface area (Å²) in [5, 5.41) is 17.7. The molecule has 22 heavy (non-hydrogen) atoms. The van der Waals surface area contributed by atoms with E-state index in [0.29, 0.717) is 6.61 Å². The van der Waals surface area contributed by atoms with Gasteiger partial charge in [0.1, 0.15) is 12.8 Å². The molecule has 0 spiro atoms. The van der Waals surface area contributed by atoms with Crippen molar-refractivity contribution >= 4 is 25.8 Å². The quantitative estimate of drug-likeness (QED) is 0.545. The number of rotatable bonds is 8. The lowest BCUT2D eigenvalue weighted by molar-refractivity contribution is 0.00354. The number of hydrogen-bond donors (Lipinski definition) is 2. The molecule has 3 N–H and O–H groups in total. The smallest absolute Gasteiger partial charge is 0.404 e. The van der Waals surface area contributed by atoms with E-state index in [2.05, 4.69) is 29.8 Å². The molecule has 0 fully saturated rings. The third kappa shape index (κ3) is 5.91. The molecule has 126 valence electrons. The zero-order valence-electron chi connectivity index (χ0n) is 13.2. The topological polar surface area (TPSA) is 112 Å². The van der Waals surface area contributed by atoms with Gasteiger partial charge in [0.2, 0.25) is 5.28 Å². The summed E-state index contributed by atoms with van der Waals surface area (Å²) < 4.78 is 11.7. The molecule has 8 nitrogen and oxygen atoms in total. The van der Waals surface area contributed by atoms with Crippen LogP contribution in [0.3, 0.4) is 0 Å². The van der Waals surface area contributed by atoms with Gasteiger partial charge in [-0.3, -0.25) is 4.57 Å². The van der Waals surface area contributed by atoms with Crippen LogP contribution < -0.4 is 5.73 Å². The second-order valence-corrected chi connectivity index (χ2v) is 12.1. The van der Waals surface area contributed by atoms with Gasteiger partial charge in [-0.25, -0.2) is 4.79 Å². The number of carbonyl (C=O) groups is 1. The van der Waals surface area contributed by atoms with Crippen molar-refractivity contribution in [2.45, 2.75) is 51.5 Å². The normalized spacial score (nSPS) is 14.6. The highest BCUT2D eigenvalue weighted by molar-refractivity contribution is 6.76. The van der Waals surface area contributed by atoms with E-state index >= 15 is 0 Å². The molecule has 1 amide bonds. The number of halogens is 1. The zero-order valence-corrected chi connectivity index (χ0v) is 15.0. The van der Waals surface area contributed by atoms with Crippen LogP contribution >= 0.6 is 11.6 Å². The first kappa shape index (κ1) is 18.9. The second kappa shape index (κ2) is 7.91. The molecular formula is C12H23ClN4O4Si. The zero-order chi connectivity index (χ0) is 16.9. The number of carbonyl (C=O) groups excluding carboxylic acids is 1. The number of aliphatic hydroxyl groups is 1. The number of aromatic nitrogens is 3. The Morgan fingerprint density at radius 3 is 2.64 bits per heavy atom. The molecule has 0 saturated carbocycles. The molecule has 2 unspecified atom stereocenters. The predicted molar refractivity (Wildman–Crippen MR) is 84.2 cm³/mol. The third-order valence-corrected chi connectivity index (χ3v) is 4.95. The third-order valence-electron chi connectivity index (χ3n) is 2.96. The summed E-state index contributed by atoms with van der Waals surface area (Å²) in [4.78, 5) is 10.7. The number of hydrogen-bond acceptors (Lipinski definition) is 6. The van der Waals surface area contributed by atoms with Gasteiger partial charge in [-0.15, -0.1) is 10.2 Å². The van der Waals surface area contributed by atoms with Gasteiger partial charge in [0.25, 0.3) is 0 Å². The van der Waals surface area contributed by atoms with Crippen LogP contribution in [0.15, 0.2) is 0 Å². The molecule has 0 aliphatic heterocycles. The molecule has 0 radical (unpaired) electrons. The van der Waals surface area contributed by atoms with Crippen molar-refractivity contribution in [3.63, 3.8) is 0 Å². The molecular weight excluding hydrogens is 328 g/mol. The lowest BCUT2D eigenvalue weighted by Crippen LogP contribution is -2.28. The minimum atomic E-state index is -1.20. The summed E-state index contributed by atoms with van der Waals surface area (Å²) in [5.74, 6) is 0.159. The maximum atomic E-state index is 10.7. The summed E-state index contributed by atoms with van der Waals surface area (Å²) in [6, 6.07) is 1.01. The van der Waals surface area contributed by atoms with Crippen molar-refractivity contribution in [3.8, 4) is 0 Å². The number of ether oxygens (including phenoxy) is 2. The molecule has 0 aromatic carbocycles. The Morgan fingerprint density at radius 1 is 1.45 bits per heavy atom. The SMILES string of the molecule is CC(OC(N)=O)C(O)c1nnc(Cl)n1COCC[Si](C)(C)C. The average molecular weight is 351 g/mol. The number of nitrogens with zero attached hydrogens (tertiary/aromatic N) is 3. The van der Waals surface area contributed by atoms with Crippen LogP contribution in [0.25, 0.3) is 0 Å². The lowest BCUT2D eigenvalue weighted by Gasteiger charge is -2.19. The molecule has 1 heterocycles. The van der Waals surface area contributed by atoms with Crippen molar-refractivity contribution in [1.29, 1.82) is 0 Å². The van der Waals surface area contributed by atoms with Crippen LogP contribution in [-0.2, 0) is 16.2 Å². The van der Waals surface area contributed by atoms with E-state index in [-0.39, 0.29) is 17.8 Å². The lowest BCUT2D eigenvalue weighted by atomic mass is 10.2. The molecule has 1 rings (SSSR count). The highest BCUT2D eigenvalue weighted by Crippen LogP contribution is 2.20. The van der Waals surface area contributed by atoms with E-state index in [1.807, 2.05) is 0 Å². The van der Waals surface area contributed by atoms with Crippen molar-refractivity contribution in [3.05, 3.63) is 11.1 Å². The first-order valence-electron chi connectivity index (χ1n) is 6.92. The Labute approximate surface area is 135 Å².